The third kappa shape index (κ3) is 3.57. The van der Waals surface area contributed by atoms with Crippen LogP contribution in [0, 0.1) is 0 Å². The lowest BCUT2D eigenvalue weighted by molar-refractivity contribution is -0.132. The number of hydrogen-bond donors (Lipinski definition) is 1. The molecule has 0 aromatic heterocycles. The first-order valence-electron chi connectivity index (χ1n) is 6.70. The number of hydrogen-bond acceptors (Lipinski definition) is 2. The Morgan fingerprint density at radius 3 is 2.39 bits per heavy atom. The van der Waals surface area contributed by atoms with Crippen LogP contribution in [0.3, 0.4) is 0 Å². The molecule has 0 saturated carbocycles. The number of carbonyl (C=O) groups excluding carboxylic acids is 1. The summed E-state index contributed by atoms with van der Waals surface area (Å²) in [5.74, 6) is 0.188. The predicted octanol–water partition coefficient (Wildman–Crippen LogP) is 2.33. The van der Waals surface area contributed by atoms with Gasteiger partial charge in [-0.3, -0.25) is 4.79 Å². The number of likely N-dealkylation sites (N-methyl/N-ethyl adjacent to an activating group) is 1. The summed E-state index contributed by atoms with van der Waals surface area (Å²) in [5.41, 5.74) is 7.81. The van der Waals surface area contributed by atoms with Crippen LogP contribution in [0.2, 0.25) is 0 Å². The monoisotopic (exact) mass is 248 g/mol. The Hall–Kier alpha value is -1.35. The van der Waals surface area contributed by atoms with Crippen molar-refractivity contribution in [2.45, 2.75) is 46.2 Å². The standard InChI is InChI=1S/C15H24N2O/c1-4-12(3)17(5-2)15(18)10-13-8-6-7-9-14(13)11-16/h6-9,12H,4-5,10-11,16H2,1-3H3. The summed E-state index contributed by atoms with van der Waals surface area (Å²) in [5, 5.41) is 0. The highest BCUT2D eigenvalue weighted by Gasteiger charge is 2.17. The summed E-state index contributed by atoms with van der Waals surface area (Å²) in [6, 6.07) is 8.20. The maximum atomic E-state index is 12.3. The summed E-state index contributed by atoms with van der Waals surface area (Å²) in [6.45, 7) is 7.47. The van der Waals surface area contributed by atoms with Gasteiger partial charge in [0.1, 0.15) is 0 Å². The van der Waals surface area contributed by atoms with Crippen molar-refractivity contribution in [3.63, 3.8) is 0 Å². The first-order valence-corrected chi connectivity index (χ1v) is 6.70. The lowest BCUT2D eigenvalue weighted by Gasteiger charge is -2.27. The maximum absolute atomic E-state index is 12.3. The molecule has 1 aromatic rings. The van der Waals surface area contributed by atoms with Crippen molar-refractivity contribution in [3.05, 3.63) is 35.4 Å². The van der Waals surface area contributed by atoms with Gasteiger partial charge < -0.3 is 10.6 Å². The van der Waals surface area contributed by atoms with Crippen molar-refractivity contribution in [2.75, 3.05) is 6.54 Å². The molecule has 0 aliphatic rings. The van der Waals surface area contributed by atoms with E-state index in [1.807, 2.05) is 36.1 Å². The molecule has 0 bridgehead atoms. The van der Waals surface area contributed by atoms with Crippen molar-refractivity contribution in [2.24, 2.45) is 5.73 Å². The topological polar surface area (TPSA) is 46.3 Å². The van der Waals surface area contributed by atoms with Crippen LogP contribution in [-0.4, -0.2) is 23.4 Å². The van der Waals surface area contributed by atoms with Crippen LogP contribution in [0.15, 0.2) is 24.3 Å². The fourth-order valence-electron chi connectivity index (χ4n) is 2.15. The van der Waals surface area contributed by atoms with E-state index in [9.17, 15) is 4.79 Å². The number of rotatable bonds is 6. The van der Waals surface area contributed by atoms with Crippen LogP contribution in [0.1, 0.15) is 38.3 Å². The van der Waals surface area contributed by atoms with Crippen LogP contribution >= 0.6 is 0 Å². The molecule has 0 heterocycles. The fraction of sp³-hybridized carbons (Fsp3) is 0.533. The Morgan fingerprint density at radius 2 is 1.89 bits per heavy atom. The van der Waals surface area contributed by atoms with Crippen LogP contribution in [0.4, 0.5) is 0 Å². The number of amides is 1. The van der Waals surface area contributed by atoms with Crippen LogP contribution in [0.5, 0.6) is 0 Å². The minimum atomic E-state index is 0.188. The van der Waals surface area contributed by atoms with Crippen molar-refractivity contribution >= 4 is 5.91 Å². The predicted molar refractivity (Wildman–Crippen MR) is 75.2 cm³/mol. The second kappa shape index (κ2) is 7.17. The minimum absolute atomic E-state index is 0.188. The van der Waals surface area contributed by atoms with Crippen molar-refractivity contribution in [3.8, 4) is 0 Å². The van der Waals surface area contributed by atoms with E-state index >= 15 is 0 Å². The molecule has 3 nitrogen and oxygen atoms in total. The Morgan fingerprint density at radius 1 is 1.28 bits per heavy atom. The van der Waals surface area contributed by atoms with E-state index in [0.29, 0.717) is 19.0 Å². The zero-order valence-corrected chi connectivity index (χ0v) is 11.6. The summed E-state index contributed by atoms with van der Waals surface area (Å²) in [4.78, 5) is 14.2. The van der Waals surface area contributed by atoms with Crippen molar-refractivity contribution < 1.29 is 4.79 Å². The van der Waals surface area contributed by atoms with Crippen LogP contribution in [-0.2, 0) is 17.8 Å². The highest BCUT2D eigenvalue weighted by atomic mass is 16.2. The Balaban J connectivity index is 2.79. The molecule has 1 amide bonds. The number of nitrogens with zero attached hydrogens (tertiary/aromatic N) is 1. The number of nitrogens with two attached hydrogens (primary N) is 1. The Kier molecular flexibility index (Phi) is 5.86. The molecule has 0 fully saturated rings. The van der Waals surface area contributed by atoms with Gasteiger partial charge in [0.05, 0.1) is 6.42 Å². The summed E-state index contributed by atoms with van der Waals surface area (Å²) >= 11 is 0. The first-order chi connectivity index (χ1) is 8.63. The molecular formula is C15H24N2O. The Labute approximate surface area is 110 Å². The maximum Gasteiger partial charge on any atom is 0.227 e. The molecular weight excluding hydrogens is 224 g/mol. The van der Waals surface area contributed by atoms with Gasteiger partial charge in [-0.05, 0) is 31.4 Å². The van der Waals surface area contributed by atoms with E-state index in [2.05, 4.69) is 13.8 Å². The second-order valence-electron chi connectivity index (χ2n) is 4.59. The molecule has 0 spiro atoms. The average molecular weight is 248 g/mol. The van der Waals surface area contributed by atoms with Gasteiger partial charge in [0.15, 0.2) is 0 Å². The van der Waals surface area contributed by atoms with E-state index in [0.717, 1.165) is 24.1 Å². The smallest absolute Gasteiger partial charge is 0.227 e. The molecule has 1 unspecified atom stereocenters. The van der Waals surface area contributed by atoms with Gasteiger partial charge >= 0.3 is 0 Å². The molecule has 2 N–H and O–H groups in total. The molecule has 100 valence electrons. The lowest BCUT2D eigenvalue weighted by Crippen LogP contribution is -2.39. The number of benzene rings is 1. The molecule has 1 aromatic carbocycles. The first kappa shape index (κ1) is 14.7. The molecule has 18 heavy (non-hydrogen) atoms. The SMILES string of the molecule is CCC(C)N(CC)C(=O)Cc1ccccc1CN. The van der Waals surface area contributed by atoms with E-state index in [-0.39, 0.29) is 5.91 Å². The molecule has 1 atom stereocenters. The summed E-state index contributed by atoms with van der Waals surface area (Å²) in [6.07, 6.45) is 1.43. The minimum Gasteiger partial charge on any atom is -0.340 e. The van der Waals surface area contributed by atoms with E-state index in [1.165, 1.54) is 0 Å². The quantitative estimate of drug-likeness (QED) is 0.840. The third-order valence-electron chi connectivity index (χ3n) is 3.46. The summed E-state index contributed by atoms with van der Waals surface area (Å²) in [7, 11) is 0. The van der Waals surface area contributed by atoms with Gasteiger partial charge in [0.2, 0.25) is 5.91 Å². The van der Waals surface area contributed by atoms with Crippen molar-refractivity contribution in [1.82, 2.24) is 4.90 Å². The second-order valence-corrected chi connectivity index (χ2v) is 4.59. The molecule has 0 aliphatic carbocycles. The molecule has 0 aliphatic heterocycles. The average Bonchev–Trinajstić information content (AvgIpc) is 2.39. The van der Waals surface area contributed by atoms with Gasteiger partial charge in [0.25, 0.3) is 0 Å². The highest BCUT2D eigenvalue weighted by Crippen LogP contribution is 2.12. The van der Waals surface area contributed by atoms with Gasteiger partial charge in [0, 0.05) is 19.1 Å². The zero-order valence-electron chi connectivity index (χ0n) is 11.6. The molecule has 0 radical (unpaired) electrons. The van der Waals surface area contributed by atoms with Gasteiger partial charge in [-0.15, -0.1) is 0 Å². The molecule has 1 rings (SSSR count). The number of carbonyl (C=O) groups is 1. The summed E-state index contributed by atoms with van der Waals surface area (Å²) < 4.78 is 0. The molecule has 3 heteroatoms. The zero-order chi connectivity index (χ0) is 13.5. The van der Waals surface area contributed by atoms with E-state index < -0.39 is 0 Å². The van der Waals surface area contributed by atoms with Crippen LogP contribution in [0.25, 0.3) is 0 Å². The van der Waals surface area contributed by atoms with Gasteiger partial charge in [-0.2, -0.15) is 0 Å². The normalized spacial score (nSPS) is 12.2. The lowest BCUT2D eigenvalue weighted by atomic mass is 10.0. The van der Waals surface area contributed by atoms with E-state index in [4.69, 9.17) is 5.73 Å². The van der Waals surface area contributed by atoms with E-state index in [1.54, 1.807) is 0 Å². The highest BCUT2D eigenvalue weighted by molar-refractivity contribution is 5.79. The van der Waals surface area contributed by atoms with Gasteiger partial charge in [-0.25, -0.2) is 0 Å². The molecule has 0 saturated heterocycles. The largest absolute Gasteiger partial charge is 0.340 e. The Bertz CT molecular complexity index is 390. The van der Waals surface area contributed by atoms with Crippen LogP contribution < -0.4 is 5.73 Å². The third-order valence-corrected chi connectivity index (χ3v) is 3.46. The van der Waals surface area contributed by atoms with Gasteiger partial charge in [-0.1, -0.05) is 31.2 Å². The fourth-order valence-corrected chi connectivity index (χ4v) is 2.15. The van der Waals surface area contributed by atoms with Crippen molar-refractivity contribution in [1.29, 1.82) is 0 Å².